The molecule has 0 radical (unpaired) electrons. The number of anilines is 1. The highest BCUT2D eigenvalue weighted by molar-refractivity contribution is 7.13. The van der Waals surface area contributed by atoms with Crippen LogP contribution in [0.2, 0.25) is 0 Å². The lowest BCUT2D eigenvalue weighted by molar-refractivity contribution is 0.151. The predicted octanol–water partition coefficient (Wildman–Crippen LogP) is 3.71. The van der Waals surface area contributed by atoms with Crippen LogP contribution >= 0.6 is 11.3 Å². The Balaban J connectivity index is 1.39. The van der Waals surface area contributed by atoms with Crippen LogP contribution in [0.25, 0.3) is 10.6 Å². The number of thiazole rings is 1. The lowest BCUT2D eigenvalue weighted by Crippen LogP contribution is -2.37. The van der Waals surface area contributed by atoms with Crippen LogP contribution in [0.3, 0.4) is 0 Å². The number of hydrogen-bond acceptors (Lipinski definition) is 4. The molecule has 0 saturated heterocycles. The fraction of sp³-hybridized carbons (Fsp3) is 0.444. The average molecular weight is 343 g/mol. The van der Waals surface area contributed by atoms with Crippen molar-refractivity contribution in [3.05, 3.63) is 35.2 Å². The number of carbonyl (C=O) groups excluding carboxylic acids is 1. The number of nitrogens with one attached hydrogen (secondary N) is 2. The van der Waals surface area contributed by atoms with Crippen molar-refractivity contribution in [2.45, 2.75) is 44.2 Å². The number of rotatable bonds is 5. The molecular formula is C18H21N3O2S. The lowest BCUT2D eigenvalue weighted by atomic mass is 10.1. The number of amides is 2. The molecule has 0 bridgehead atoms. The molecule has 1 atom stereocenters. The van der Waals surface area contributed by atoms with Crippen LogP contribution in [0.5, 0.6) is 0 Å². The van der Waals surface area contributed by atoms with Gasteiger partial charge in [0.15, 0.2) is 0 Å². The fourth-order valence-corrected chi connectivity index (χ4v) is 3.63. The molecule has 1 heterocycles. The van der Waals surface area contributed by atoms with Gasteiger partial charge in [-0.25, -0.2) is 9.78 Å². The summed E-state index contributed by atoms with van der Waals surface area (Å²) in [6.07, 6.45) is 4.08. The molecule has 1 aromatic carbocycles. The van der Waals surface area contributed by atoms with Gasteiger partial charge in [0.2, 0.25) is 0 Å². The summed E-state index contributed by atoms with van der Waals surface area (Å²) < 4.78 is 0. The van der Waals surface area contributed by atoms with E-state index in [4.69, 9.17) is 0 Å². The number of benzene rings is 1. The predicted molar refractivity (Wildman–Crippen MR) is 95.0 cm³/mol. The van der Waals surface area contributed by atoms with Crippen LogP contribution in [0.4, 0.5) is 10.6 Å². The fourth-order valence-electron chi connectivity index (χ4n) is 2.87. The van der Waals surface area contributed by atoms with E-state index in [9.17, 15) is 9.90 Å². The Morgan fingerprint density at radius 3 is 2.67 bits per heavy atom. The second-order valence-electron chi connectivity index (χ2n) is 6.87. The van der Waals surface area contributed by atoms with Crippen LogP contribution < -0.4 is 10.6 Å². The van der Waals surface area contributed by atoms with Crippen LogP contribution in [-0.4, -0.2) is 22.2 Å². The summed E-state index contributed by atoms with van der Waals surface area (Å²) in [4.78, 5) is 16.5. The Kier molecular flexibility index (Phi) is 3.81. The molecule has 2 aliphatic rings. The molecule has 4 rings (SSSR count). The Bertz CT molecular complexity index is 748. The third kappa shape index (κ3) is 3.30. The molecule has 0 aliphatic heterocycles. The summed E-state index contributed by atoms with van der Waals surface area (Å²) in [5.41, 5.74) is 1.35. The van der Waals surface area contributed by atoms with E-state index >= 15 is 0 Å². The summed E-state index contributed by atoms with van der Waals surface area (Å²) in [7, 11) is 0. The summed E-state index contributed by atoms with van der Waals surface area (Å²) in [6.45, 7) is 2.04. The van der Waals surface area contributed by atoms with E-state index in [2.05, 4.69) is 15.6 Å². The minimum Gasteiger partial charge on any atom is -0.385 e. The molecule has 2 aromatic rings. The van der Waals surface area contributed by atoms with Gasteiger partial charge in [0.25, 0.3) is 0 Å². The number of aromatic nitrogens is 1. The van der Waals surface area contributed by atoms with Crippen molar-refractivity contribution in [1.82, 2.24) is 10.3 Å². The molecule has 5 nitrogen and oxygen atoms in total. The largest absolute Gasteiger partial charge is 0.385 e. The van der Waals surface area contributed by atoms with Crippen molar-refractivity contribution in [3.63, 3.8) is 0 Å². The van der Waals surface area contributed by atoms with Crippen molar-refractivity contribution in [3.8, 4) is 10.6 Å². The van der Waals surface area contributed by atoms with E-state index in [0.717, 1.165) is 29.0 Å². The molecule has 0 spiro atoms. The highest BCUT2D eigenvalue weighted by Crippen LogP contribution is 2.45. The Morgan fingerprint density at radius 2 is 2.04 bits per heavy atom. The highest BCUT2D eigenvalue weighted by atomic mass is 32.1. The van der Waals surface area contributed by atoms with Gasteiger partial charge in [-0.3, -0.25) is 5.32 Å². The Hall–Kier alpha value is -1.92. The van der Waals surface area contributed by atoms with Crippen molar-refractivity contribution < 1.29 is 9.90 Å². The maximum absolute atomic E-state index is 12.0. The second-order valence-corrected chi connectivity index (χ2v) is 7.73. The first-order valence-corrected chi connectivity index (χ1v) is 9.28. The van der Waals surface area contributed by atoms with Crippen molar-refractivity contribution in [1.29, 1.82) is 0 Å². The first kappa shape index (κ1) is 15.6. The van der Waals surface area contributed by atoms with Gasteiger partial charge in [0.05, 0.1) is 5.60 Å². The van der Waals surface area contributed by atoms with Gasteiger partial charge in [-0.1, -0.05) is 24.3 Å². The minimum atomic E-state index is -0.607. The van der Waals surface area contributed by atoms with Gasteiger partial charge in [0.1, 0.15) is 10.8 Å². The van der Waals surface area contributed by atoms with E-state index in [1.807, 2.05) is 36.6 Å². The minimum absolute atomic E-state index is 0.197. The first-order chi connectivity index (χ1) is 11.5. The molecule has 1 aromatic heterocycles. The van der Waals surface area contributed by atoms with E-state index in [1.54, 1.807) is 0 Å². The SMILES string of the molecule is C[C@H](NC(=O)Nc1csc(-c2ccc(C3(O)CC3)cc2)n1)C1CC1. The van der Waals surface area contributed by atoms with E-state index in [0.29, 0.717) is 11.7 Å². The lowest BCUT2D eigenvalue weighted by Gasteiger charge is -2.12. The standard InChI is InChI=1S/C18H21N3O2S/c1-11(12-2-3-12)19-17(22)21-15-10-24-16(20-15)13-4-6-14(7-5-13)18(23)8-9-18/h4-7,10-12,23H,2-3,8-9H2,1H3,(H2,19,21,22)/t11-/m0/s1. The number of carbonyl (C=O) groups is 1. The van der Waals surface area contributed by atoms with Crippen LogP contribution in [-0.2, 0) is 5.60 Å². The second kappa shape index (κ2) is 5.86. The first-order valence-electron chi connectivity index (χ1n) is 8.40. The van der Waals surface area contributed by atoms with E-state index in [-0.39, 0.29) is 12.1 Å². The number of urea groups is 1. The molecule has 3 N–H and O–H groups in total. The molecule has 126 valence electrons. The van der Waals surface area contributed by atoms with Gasteiger partial charge in [-0.15, -0.1) is 11.3 Å². The van der Waals surface area contributed by atoms with Crippen LogP contribution in [0.1, 0.15) is 38.2 Å². The van der Waals surface area contributed by atoms with E-state index < -0.39 is 5.60 Å². The summed E-state index contributed by atoms with van der Waals surface area (Å²) in [5, 5.41) is 18.6. The maximum atomic E-state index is 12.0. The van der Waals surface area contributed by atoms with Gasteiger partial charge in [-0.2, -0.15) is 0 Å². The molecule has 2 aliphatic carbocycles. The maximum Gasteiger partial charge on any atom is 0.320 e. The molecular weight excluding hydrogens is 322 g/mol. The van der Waals surface area contributed by atoms with Gasteiger partial charge < -0.3 is 10.4 Å². The zero-order chi connectivity index (χ0) is 16.7. The van der Waals surface area contributed by atoms with E-state index in [1.165, 1.54) is 24.2 Å². The third-order valence-electron chi connectivity index (χ3n) is 4.83. The number of hydrogen-bond donors (Lipinski definition) is 3. The number of aliphatic hydroxyl groups is 1. The summed E-state index contributed by atoms with van der Waals surface area (Å²) >= 11 is 1.50. The normalized spacial score (nSPS) is 19.6. The van der Waals surface area contributed by atoms with Crippen molar-refractivity contribution in [2.24, 2.45) is 5.92 Å². The average Bonchev–Trinajstić information content (AvgIpc) is 3.48. The molecule has 6 heteroatoms. The molecule has 0 unspecified atom stereocenters. The zero-order valence-corrected chi connectivity index (χ0v) is 14.4. The van der Waals surface area contributed by atoms with Crippen molar-refractivity contribution >= 4 is 23.2 Å². The smallest absolute Gasteiger partial charge is 0.320 e. The quantitative estimate of drug-likeness (QED) is 0.775. The van der Waals surface area contributed by atoms with Crippen LogP contribution in [0, 0.1) is 5.92 Å². The summed E-state index contributed by atoms with van der Waals surface area (Å²) in [6, 6.07) is 7.88. The Labute approximate surface area is 145 Å². The monoisotopic (exact) mass is 343 g/mol. The molecule has 2 fully saturated rings. The van der Waals surface area contributed by atoms with Crippen LogP contribution in [0.15, 0.2) is 29.6 Å². The molecule has 24 heavy (non-hydrogen) atoms. The van der Waals surface area contributed by atoms with Crippen molar-refractivity contribution in [2.75, 3.05) is 5.32 Å². The molecule has 2 amide bonds. The highest BCUT2D eigenvalue weighted by Gasteiger charge is 2.41. The third-order valence-corrected chi connectivity index (χ3v) is 5.72. The molecule has 2 saturated carbocycles. The number of nitrogens with zero attached hydrogens (tertiary/aromatic N) is 1. The Morgan fingerprint density at radius 1 is 1.33 bits per heavy atom. The van der Waals surface area contributed by atoms with Gasteiger partial charge in [-0.05, 0) is 44.1 Å². The topological polar surface area (TPSA) is 74.2 Å². The van der Waals surface area contributed by atoms with Gasteiger partial charge in [0, 0.05) is 17.0 Å². The zero-order valence-electron chi connectivity index (χ0n) is 13.6. The summed E-state index contributed by atoms with van der Waals surface area (Å²) in [5.74, 6) is 1.20. The van der Waals surface area contributed by atoms with Gasteiger partial charge >= 0.3 is 6.03 Å².